The number of benzene rings is 2. The molecule has 0 spiro atoms. The normalized spacial score (nSPS) is 14.0. The van der Waals surface area contributed by atoms with E-state index >= 15 is 0 Å². The van der Waals surface area contributed by atoms with Crippen molar-refractivity contribution >= 4 is 10.0 Å². The Morgan fingerprint density at radius 3 is 2.56 bits per heavy atom. The van der Waals surface area contributed by atoms with Crippen LogP contribution in [0.4, 0.5) is 8.78 Å². The summed E-state index contributed by atoms with van der Waals surface area (Å²) >= 11 is 0. The third-order valence-electron chi connectivity index (χ3n) is 6.12. The molecule has 2 heterocycles. The molecule has 0 radical (unpaired) electrons. The number of hydrogen-bond donors (Lipinski definition) is 2. The van der Waals surface area contributed by atoms with Crippen LogP contribution in [0.2, 0.25) is 0 Å². The van der Waals surface area contributed by atoms with Gasteiger partial charge in [-0.2, -0.15) is 10.2 Å². The summed E-state index contributed by atoms with van der Waals surface area (Å²) in [4.78, 5) is -0.279. The van der Waals surface area contributed by atoms with Crippen molar-refractivity contribution in [1.29, 1.82) is 0 Å². The summed E-state index contributed by atoms with van der Waals surface area (Å²) in [5.41, 5.74) is 4.36. The molecule has 2 aromatic heterocycles. The van der Waals surface area contributed by atoms with E-state index in [0.717, 1.165) is 36.6 Å². The van der Waals surface area contributed by atoms with Crippen LogP contribution in [0.3, 0.4) is 0 Å². The summed E-state index contributed by atoms with van der Waals surface area (Å²) in [6.07, 6.45) is 6.57. The first-order valence-electron chi connectivity index (χ1n) is 10.9. The van der Waals surface area contributed by atoms with Crippen LogP contribution in [-0.4, -0.2) is 28.4 Å². The van der Waals surface area contributed by atoms with Crippen LogP contribution in [0, 0.1) is 17.6 Å². The molecule has 1 fully saturated rings. The van der Waals surface area contributed by atoms with Crippen LogP contribution >= 0.6 is 0 Å². The van der Waals surface area contributed by atoms with Gasteiger partial charge in [0, 0.05) is 47.6 Å². The molecule has 176 valence electrons. The van der Waals surface area contributed by atoms with E-state index in [4.69, 9.17) is 5.14 Å². The second-order valence-corrected chi connectivity index (χ2v) is 10.3. The van der Waals surface area contributed by atoms with Crippen molar-refractivity contribution in [3.8, 4) is 22.4 Å². The lowest BCUT2D eigenvalue weighted by molar-refractivity contribution is 0.589. The molecule has 5 rings (SSSR count). The highest BCUT2D eigenvalue weighted by atomic mass is 32.2. The van der Waals surface area contributed by atoms with Gasteiger partial charge in [0.15, 0.2) is 0 Å². The molecule has 1 aliphatic carbocycles. The molecule has 1 aliphatic rings. The predicted molar refractivity (Wildman–Crippen MR) is 123 cm³/mol. The first-order chi connectivity index (χ1) is 16.2. The van der Waals surface area contributed by atoms with Gasteiger partial charge in [-0.25, -0.2) is 22.3 Å². The van der Waals surface area contributed by atoms with Gasteiger partial charge in [-0.15, -0.1) is 0 Å². The molecule has 3 N–H and O–H groups in total. The third kappa shape index (κ3) is 4.51. The van der Waals surface area contributed by atoms with E-state index in [2.05, 4.69) is 15.3 Å². The zero-order valence-electron chi connectivity index (χ0n) is 18.4. The van der Waals surface area contributed by atoms with Crippen LogP contribution in [0.15, 0.2) is 53.7 Å². The molecule has 7 nitrogen and oxygen atoms in total. The summed E-state index contributed by atoms with van der Waals surface area (Å²) in [5, 5.41) is 16.9. The highest BCUT2D eigenvalue weighted by Gasteiger charge is 2.26. The number of rotatable bonds is 7. The number of sulfonamides is 1. The van der Waals surface area contributed by atoms with Crippen LogP contribution < -0.4 is 5.14 Å². The molecule has 0 atom stereocenters. The van der Waals surface area contributed by atoms with E-state index in [-0.39, 0.29) is 17.1 Å². The topological polar surface area (TPSA) is 107 Å². The average Bonchev–Trinajstić information content (AvgIpc) is 3.36. The Hall–Kier alpha value is -3.37. The molecular formula is C24H23F2N5O2S. The Kier molecular flexibility index (Phi) is 5.57. The van der Waals surface area contributed by atoms with Crippen molar-refractivity contribution in [2.45, 2.75) is 30.6 Å². The van der Waals surface area contributed by atoms with E-state index in [0.29, 0.717) is 33.9 Å². The Morgan fingerprint density at radius 1 is 1.12 bits per heavy atom. The number of aromatic amines is 1. The van der Waals surface area contributed by atoms with Crippen molar-refractivity contribution < 1.29 is 17.2 Å². The number of aromatic nitrogens is 4. The van der Waals surface area contributed by atoms with Crippen LogP contribution in [-0.2, 0) is 29.9 Å². The first kappa shape index (κ1) is 22.4. The molecule has 0 saturated heterocycles. The highest BCUT2D eigenvalue weighted by molar-refractivity contribution is 7.89. The minimum absolute atomic E-state index is 0.199. The molecule has 2 aromatic carbocycles. The fraction of sp³-hybridized carbons (Fsp3) is 0.250. The Labute approximate surface area is 195 Å². The number of primary sulfonamides is 1. The molecular weight excluding hydrogens is 460 g/mol. The van der Waals surface area contributed by atoms with Gasteiger partial charge in [0.05, 0.1) is 16.8 Å². The summed E-state index contributed by atoms with van der Waals surface area (Å²) in [7, 11) is -2.24. The minimum Gasteiger partial charge on any atom is -0.282 e. The first-order valence-corrected chi connectivity index (χ1v) is 12.4. The second kappa shape index (κ2) is 8.44. The lowest BCUT2D eigenvalue weighted by Gasteiger charge is -2.10. The van der Waals surface area contributed by atoms with Crippen LogP contribution in [0.25, 0.3) is 22.4 Å². The smallest absolute Gasteiger partial charge is 0.238 e. The third-order valence-corrected chi connectivity index (χ3v) is 7.03. The van der Waals surface area contributed by atoms with E-state index < -0.39 is 15.8 Å². The van der Waals surface area contributed by atoms with Gasteiger partial charge < -0.3 is 0 Å². The van der Waals surface area contributed by atoms with Gasteiger partial charge in [0.25, 0.3) is 0 Å². The average molecular weight is 484 g/mol. The molecule has 0 bridgehead atoms. The zero-order chi connectivity index (χ0) is 24.0. The fourth-order valence-electron chi connectivity index (χ4n) is 4.10. The Bertz CT molecular complexity index is 1490. The molecule has 10 heteroatoms. The molecule has 0 unspecified atom stereocenters. The molecule has 0 aliphatic heterocycles. The van der Waals surface area contributed by atoms with Crippen molar-refractivity contribution in [2.24, 2.45) is 18.1 Å². The summed E-state index contributed by atoms with van der Waals surface area (Å²) in [5.74, 6) is -0.483. The number of nitrogens with zero attached hydrogens (tertiary/aromatic N) is 3. The lowest BCUT2D eigenvalue weighted by atomic mass is 9.95. The number of H-pyrrole nitrogens is 1. The van der Waals surface area contributed by atoms with Gasteiger partial charge in [-0.05, 0) is 61.1 Å². The quantitative estimate of drug-likeness (QED) is 0.415. The van der Waals surface area contributed by atoms with E-state index in [1.54, 1.807) is 36.3 Å². The van der Waals surface area contributed by atoms with Crippen LogP contribution in [0.5, 0.6) is 0 Å². The molecule has 4 aromatic rings. The lowest BCUT2D eigenvalue weighted by Crippen LogP contribution is -2.12. The van der Waals surface area contributed by atoms with Crippen molar-refractivity contribution in [3.63, 3.8) is 0 Å². The summed E-state index contributed by atoms with van der Waals surface area (Å²) in [6.45, 7) is 0. The maximum absolute atomic E-state index is 14.8. The van der Waals surface area contributed by atoms with Gasteiger partial charge in [-0.3, -0.25) is 9.78 Å². The predicted octanol–water partition coefficient (Wildman–Crippen LogP) is 3.95. The van der Waals surface area contributed by atoms with E-state index in [9.17, 15) is 17.2 Å². The van der Waals surface area contributed by atoms with E-state index in [1.165, 1.54) is 18.2 Å². The number of nitrogens with two attached hydrogens (primary N) is 1. The molecule has 1 saturated carbocycles. The number of halogens is 2. The Balaban J connectivity index is 1.57. The maximum Gasteiger partial charge on any atom is 0.238 e. The minimum atomic E-state index is -4.01. The van der Waals surface area contributed by atoms with Gasteiger partial charge in [-0.1, -0.05) is 6.07 Å². The van der Waals surface area contributed by atoms with E-state index in [1.807, 2.05) is 0 Å². The van der Waals surface area contributed by atoms with Crippen molar-refractivity contribution in [1.82, 2.24) is 20.0 Å². The standard InChI is InChI=1S/C24H23F2N5O2S/c1-31-13-17(12-28-31)19-10-16(5-7-21(19)25)24-20(23(29-30-24)8-14-2-3-14)9-15-4-6-18(11-22(15)26)34(27,32)33/h4-7,10-14H,2-3,8-9H2,1H3,(H,29,30)(H2,27,32,33). The fourth-order valence-corrected chi connectivity index (χ4v) is 4.63. The zero-order valence-corrected chi connectivity index (χ0v) is 19.2. The summed E-state index contributed by atoms with van der Waals surface area (Å²) in [6, 6.07) is 8.41. The Morgan fingerprint density at radius 2 is 1.91 bits per heavy atom. The molecule has 0 amide bonds. The molecule has 34 heavy (non-hydrogen) atoms. The monoisotopic (exact) mass is 483 g/mol. The van der Waals surface area contributed by atoms with Gasteiger partial charge in [0.2, 0.25) is 10.0 Å². The maximum atomic E-state index is 14.8. The van der Waals surface area contributed by atoms with Crippen molar-refractivity contribution in [3.05, 3.63) is 77.2 Å². The number of hydrogen-bond acceptors (Lipinski definition) is 4. The number of aryl methyl sites for hydroxylation is 1. The SMILES string of the molecule is Cn1cc(-c2cc(-c3n[nH]c(CC4CC4)c3Cc3ccc(S(N)(=O)=O)cc3F)ccc2F)cn1. The van der Waals surface area contributed by atoms with Gasteiger partial charge in [0.1, 0.15) is 11.6 Å². The highest BCUT2D eigenvalue weighted by Crippen LogP contribution is 2.37. The second-order valence-electron chi connectivity index (χ2n) is 8.75. The van der Waals surface area contributed by atoms with Crippen LogP contribution in [0.1, 0.15) is 29.7 Å². The largest absolute Gasteiger partial charge is 0.282 e. The van der Waals surface area contributed by atoms with Crippen molar-refractivity contribution in [2.75, 3.05) is 0 Å². The number of nitrogens with one attached hydrogen (secondary N) is 1. The summed E-state index contributed by atoms with van der Waals surface area (Å²) < 4.78 is 54.2. The van der Waals surface area contributed by atoms with Gasteiger partial charge >= 0.3 is 0 Å².